The van der Waals surface area contributed by atoms with E-state index in [1.807, 2.05) is 0 Å². The molecule has 0 aliphatic rings. The number of fused-ring (bicyclic) bond motifs is 1. The fourth-order valence-corrected chi connectivity index (χ4v) is 2.60. The van der Waals surface area contributed by atoms with Crippen molar-refractivity contribution in [2.45, 2.75) is 6.92 Å². The second-order valence-corrected chi connectivity index (χ2v) is 4.12. The van der Waals surface area contributed by atoms with E-state index >= 15 is 0 Å². The van der Waals surface area contributed by atoms with E-state index in [0.29, 0.717) is 20.2 Å². The summed E-state index contributed by atoms with van der Waals surface area (Å²) in [6.07, 6.45) is 1.37. The molecule has 4 nitrogen and oxygen atoms in total. The Bertz CT molecular complexity index is 523. The van der Waals surface area contributed by atoms with E-state index < -0.39 is 5.91 Å². The van der Waals surface area contributed by atoms with Crippen molar-refractivity contribution in [3.05, 3.63) is 21.9 Å². The van der Waals surface area contributed by atoms with Gasteiger partial charge in [-0.1, -0.05) is 11.6 Å². The zero-order valence-corrected chi connectivity index (χ0v) is 8.82. The molecule has 1 amide bonds. The van der Waals surface area contributed by atoms with Gasteiger partial charge < -0.3 is 5.73 Å². The van der Waals surface area contributed by atoms with Crippen molar-refractivity contribution < 1.29 is 4.79 Å². The smallest absolute Gasteiger partial charge is 0.259 e. The number of thiophene rings is 1. The van der Waals surface area contributed by atoms with Crippen molar-refractivity contribution >= 4 is 39.1 Å². The van der Waals surface area contributed by atoms with Crippen molar-refractivity contribution in [1.82, 2.24) is 9.97 Å². The largest absolute Gasteiger partial charge is 0.365 e. The molecule has 0 saturated heterocycles. The van der Waals surface area contributed by atoms with E-state index in [2.05, 4.69) is 9.97 Å². The van der Waals surface area contributed by atoms with Gasteiger partial charge in [0.05, 0.1) is 10.3 Å². The minimum Gasteiger partial charge on any atom is -0.365 e. The topological polar surface area (TPSA) is 68.9 Å². The second kappa shape index (κ2) is 3.18. The van der Waals surface area contributed by atoms with Crippen molar-refractivity contribution in [2.24, 2.45) is 5.73 Å². The predicted octanol–water partition coefficient (Wildman–Crippen LogP) is 1.75. The first-order valence-corrected chi connectivity index (χ1v) is 5.00. The fourth-order valence-electron chi connectivity index (χ4n) is 1.26. The van der Waals surface area contributed by atoms with E-state index in [1.165, 1.54) is 17.7 Å². The summed E-state index contributed by atoms with van der Waals surface area (Å²) in [7, 11) is 0. The predicted molar refractivity (Wildman–Crippen MR) is 55.7 cm³/mol. The van der Waals surface area contributed by atoms with Gasteiger partial charge >= 0.3 is 0 Å². The summed E-state index contributed by atoms with van der Waals surface area (Å²) >= 11 is 7.12. The first-order valence-electron chi connectivity index (χ1n) is 3.80. The lowest BCUT2D eigenvalue weighted by Gasteiger charge is -1.93. The Morgan fingerprint density at radius 1 is 1.57 bits per heavy atom. The zero-order valence-electron chi connectivity index (χ0n) is 7.24. The normalized spacial score (nSPS) is 10.7. The van der Waals surface area contributed by atoms with Gasteiger partial charge in [0.25, 0.3) is 5.91 Å². The van der Waals surface area contributed by atoms with Crippen LogP contribution in [-0.4, -0.2) is 15.9 Å². The number of aromatic nitrogens is 2. The van der Waals surface area contributed by atoms with E-state index in [4.69, 9.17) is 17.3 Å². The van der Waals surface area contributed by atoms with Gasteiger partial charge in [-0.25, -0.2) is 9.97 Å². The Morgan fingerprint density at radius 3 is 2.86 bits per heavy atom. The van der Waals surface area contributed by atoms with Gasteiger partial charge in [-0.05, 0) is 12.5 Å². The van der Waals surface area contributed by atoms with Gasteiger partial charge in [-0.15, -0.1) is 11.3 Å². The van der Waals surface area contributed by atoms with Gasteiger partial charge in [0.2, 0.25) is 0 Å². The van der Waals surface area contributed by atoms with Crippen molar-refractivity contribution in [3.63, 3.8) is 0 Å². The SMILES string of the molecule is Cc1c(C(N)=O)sc2ncnc(Cl)c12. The van der Waals surface area contributed by atoms with Crippen LogP contribution < -0.4 is 5.73 Å². The highest BCUT2D eigenvalue weighted by atomic mass is 35.5. The molecule has 14 heavy (non-hydrogen) atoms. The lowest BCUT2D eigenvalue weighted by Crippen LogP contribution is -2.09. The van der Waals surface area contributed by atoms with Crippen LogP contribution in [0.15, 0.2) is 6.33 Å². The van der Waals surface area contributed by atoms with Crippen molar-refractivity contribution in [1.29, 1.82) is 0 Å². The Labute approximate surface area is 88.7 Å². The van der Waals surface area contributed by atoms with Crippen LogP contribution in [0.1, 0.15) is 15.2 Å². The highest BCUT2D eigenvalue weighted by molar-refractivity contribution is 7.20. The number of hydrogen-bond donors (Lipinski definition) is 1. The van der Waals surface area contributed by atoms with Gasteiger partial charge in [0.1, 0.15) is 16.3 Å². The monoisotopic (exact) mass is 227 g/mol. The minimum atomic E-state index is -0.457. The van der Waals surface area contributed by atoms with Crippen molar-refractivity contribution in [3.8, 4) is 0 Å². The molecule has 6 heteroatoms. The van der Waals surface area contributed by atoms with Crippen LogP contribution in [0.5, 0.6) is 0 Å². The molecule has 0 bridgehead atoms. The lowest BCUT2D eigenvalue weighted by molar-refractivity contribution is 0.100. The lowest BCUT2D eigenvalue weighted by atomic mass is 10.2. The van der Waals surface area contributed by atoms with E-state index in [1.54, 1.807) is 6.92 Å². The first-order chi connectivity index (χ1) is 6.61. The third kappa shape index (κ3) is 1.25. The van der Waals surface area contributed by atoms with Crippen LogP contribution in [0.2, 0.25) is 5.15 Å². The molecule has 0 saturated carbocycles. The third-order valence-corrected chi connectivity index (χ3v) is 3.41. The molecule has 0 radical (unpaired) electrons. The summed E-state index contributed by atoms with van der Waals surface area (Å²) in [5.41, 5.74) is 5.96. The van der Waals surface area contributed by atoms with Gasteiger partial charge in [-0.3, -0.25) is 4.79 Å². The minimum absolute atomic E-state index is 0.358. The number of carbonyl (C=O) groups excluding carboxylic acids is 1. The average molecular weight is 228 g/mol. The quantitative estimate of drug-likeness (QED) is 0.755. The van der Waals surface area contributed by atoms with Gasteiger partial charge in [-0.2, -0.15) is 0 Å². The number of carbonyl (C=O) groups is 1. The number of nitrogens with zero attached hydrogens (tertiary/aromatic N) is 2. The summed E-state index contributed by atoms with van der Waals surface area (Å²) < 4.78 is 0. The third-order valence-electron chi connectivity index (χ3n) is 1.90. The molecule has 0 spiro atoms. The number of rotatable bonds is 1. The molecule has 2 aromatic rings. The van der Waals surface area contributed by atoms with Crippen LogP contribution in [0.4, 0.5) is 0 Å². The number of halogens is 1. The maximum atomic E-state index is 11.0. The van der Waals surface area contributed by atoms with E-state index in [-0.39, 0.29) is 0 Å². The molecule has 2 N–H and O–H groups in total. The van der Waals surface area contributed by atoms with Crippen LogP contribution in [0, 0.1) is 6.92 Å². The highest BCUT2D eigenvalue weighted by Crippen LogP contribution is 2.32. The molecule has 0 unspecified atom stereocenters. The van der Waals surface area contributed by atoms with E-state index in [9.17, 15) is 4.79 Å². The Morgan fingerprint density at radius 2 is 2.29 bits per heavy atom. The summed E-state index contributed by atoms with van der Waals surface area (Å²) in [6, 6.07) is 0. The maximum absolute atomic E-state index is 11.0. The Kier molecular flexibility index (Phi) is 2.13. The summed E-state index contributed by atoms with van der Waals surface area (Å²) in [6.45, 7) is 1.79. The number of aryl methyl sites for hydroxylation is 1. The maximum Gasteiger partial charge on any atom is 0.259 e. The number of amides is 1. The number of nitrogens with two attached hydrogens (primary N) is 1. The van der Waals surface area contributed by atoms with Crippen LogP contribution in [0.3, 0.4) is 0 Å². The average Bonchev–Trinajstić information content (AvgIpc) is 2.45. The van der Waals surface area contributed by atoms with Crippen LogP contribution in [0.25, 0.3) is 10.2 Å². The summed E-state index contributed by atoms with van der Waals surface area (Å²) in [4.78, 5) is 20.1. The van der Waals surface area contributed by atoms with Gasteiger partial charge in [0.15, 0.2) is 0 Å². The molecule has 0 atom stereocenters. The molecule has 2 rings (SSSR count). The summed E-state index contributed by atoms with van der Waals surface area (Å²) in [5.74, 6) is -0.457. The number of primary amides is 1. The van der Waals surface area contributed by atoms with Crippen LogP contribution >= 0.6 is 22.9 Å². The fraction of sp³-hybridized carbons (Fsp3) is 0.125. The Balaban J connectivity index is 2.87. The molecule has 0 aliphatic heterocycles. The summed E-state index contributed by atoms with van der Waals surface area (Å²) in [5, 5.41) is 1.07. The molecular formula is C8H6ClN3OS. The molecule has 0 fully saturated rings. The first kappa shape index (κ1) is 9.36. The molecule has 2 heterocycles. The molecule has 72 valence electrons. The Hall–Kier alpha value is -1.20. The molecule has 0 aromatic carbocycles. The highest BCUT2D eigenvalue weighted by Gasteiger charge is 2.15. The standard InChI is InChI=1S/C8H6ClN3OS/c1-3-4-6(9)11-2-12-8(4)14-5(3)7(10)13/h2H,1H3,(H2,10,13). The van der Waals surface area contributed by atoms with Crippen LogP contribution in [-0.2, 0) is 0 Å². The van der Waals surface area contributed by atoms with E-state index in [0.717, 1.165) is 5.56 Å². The van der Waals surface area contributed by atoms with Gasteiger partial charge in [0, 0.05) is 0 Å². The molecular weight excluding hydrogens is 222 g/mol. The number of hydrogen-bond acceptors (Lipinski definition) is 4. The zero-order chi connectivity index (χ0) is 10.3. The molecule has 0 aliphatic carbocycles. The molecule has 2 aromatic heterocycles. The van der Waals surface area contributed by atoms with Crippen molar-refractivity contribution in [2.75, 3.05) is 0 Å². The second-order valence-electron chi connectivity index (χ2n) is 2.77.